The molecule has 3 aliphatic rings. The molecule has 0 bridgehead atoms. The maximum atomic E-state index is 7.81. The van der Waals surface area contributed by atoms with Gasteiger partial charge in [0, 0.05) is 51.8 Å². The molecule has 294 valence electrons. The summed E-state index contributed by atoms with van der Waals surface area (Å²) >= 11 is 0. The number of methoxy groups -OCH3 is 2. The predicted octanol–water partition coefficient (Wildman–Crippen LogP) is 11.3. The van der Waals surface area contributed by atoms with Crippen LogP contribution in [-0.4, -0.2) is 50.5 Å². The van der Waals surface area contributed by atoms with Crippen molar-refractivity contribution in [3.05, 3.63) is 162 Å². The Balaban J connectivity index is 1.28. The third kappa shape index (κ3) is 5.82. The highest BCUT2D eigenvalue weighted by Gasteiger charge is 2.48. The average molecular weight is 778 g/mol. The third-order valence-corrected chi connectivity index (χ3v) is 12.8. The highest BCUT2D eigenvalue weighted by molar-refractivity contribution is 6.09. The molecule has 1 saturated heterocycles. The average Bonchev–Trinajstić information content (AvgIpc) is 3.62. The number of anilines is 1. The van der Waals surface area contributed by atoms with Crippen LogP contribution in [0.3, 0.4) is 0 Å². The van der Waals surface area contributed by atoms with Crippen LogP contribution in [0, 0.1) is 0 Å². The van der Waals surface area contributed by atoms with E-state index >= 15 is 0 Å². The van der Waals surface area contributed by atoms with Crippen LogP contribution in [0.2, 0.25) is 0 Å². The molecule has 10 rings (SSSR count). The van der Waals surface area contributed by atoms with Crippen LogP contribution >= 0.6 is 0 Å². The van der Waals surface area contributed by atoms with Crippen molar-refractivity contribution < 1.29 is 18.9 Å². The summed E-state index contributed by atoms with van der Waals surface area (Å²) in [7, 11) is 3.39. The van der Waals surface area contributed by atoms with E-state index in [1.54, 1.807) is 14.2 Å². The van der Waals surface area contributed by atoms with Gasteiger partial charge in [-0.1, -0.05) is 117 Å². The fourth-order valence-corrected chi connectivity index (χ4v) is 9.75. The summed E-state index contributed by atoms with van der Waals surface area (Å²) in [4.78, 5) is 13.2. The molecule has 0 spiro atoms. The standard InChI is InChI=1S/C52H47N3O4/c1-5-51(6-2)42-20-14-13-19-38(42)47-40-31-45(56-3)46(57-4)32-41(40)49-39(48(47)51)25-26-52(59-49,36-21-23-37(24-22-36)55-27-29-58-30-28-55)50-53-43(34-15-9-7-10-16-34)33-44(54-50)35-17-11-8-12-18-35/h7-26,31-33H,5-6,27-30H2,1-4H3. The molecule has 7 heteroatoms. The van der Waals surface area contributed by atoms with Crippen LogP contribution in [0.25, 0.3) is 50.5 Å². The summed E-state index contributed by atoms with van der Waals surface area (Å²) < 4.78 is 25.5. The molecule has 0 N–H and O–H groups in total. The van der Waals surface area contributed by atoms with Gasteiger partial charge in [0.1, 0.15) is 5.75 Å². The SMILES string of the molecule is CCC1(CC)c2ccccc2-c2c1c1c(c3cc(OC)c(OC)cc23)OC(c2ccc(N3CCOCC3)cc2)(c2nc(-c3ccccc3)cc(-c3ccccc3)n2)C=C1. The van der Waals surface area contributed by atoms with Gasteiger partial charge in [-0.3, -0.25) is 0 Å². The molecule has 1 aromatic heterocycles. The van der Waals surface area contributed by atoms with E-state index in [2.05, 4.69) is 122 Å². The molecule has 59 heavy (non-hydrogen) atoms. The summed E-state index contributed by atoms with van der Waals surface area (Å²) in [6.45, 7) is 7.73. The van der Waals surface area contributed by atoms with Gasteiger partial charge in [0.25, 0.3) is 0 Å². The number of fused-ring (bicyclic) bond motifs is 8. The Morgan fingerprint density at radius 1 is 0.678 bits per heavy atom. The quantitative estimate of drug-likeness (QED) is 0.145. The number of morpholine rings is 1. The second-order valence-electron chi connectivity index (χ2n) is 15.6. The summed E-state index contributed by atoms with van der Waals surface area (Å²) in [5, 5.41) is 2.00. The first-order valence-electron chi connectivity index (χ1n) is 20.7. The van der Waals surface area contributed by atoms with Gasteiger partial charge in [-0.05, 0) is 76.9 Å². The van der Waals surface area contributed by atoms with Crippen molar-refractivity contribution in [3.63, 3.8) is 0 Å². The fraction of sp³-hybridized carbons (Fsp3) is 0.231. The Kier molecular flexibility index (Phi) is 9.21. The Morgan fingerprint density at radius 2 is 1.27 bits per heavy atom. The molecule has 7 aromatic rings. The Hall–Kier alpha value is -6.44. The van der Waals surface area contributed by atoms with E-state index in [1.807, 2.05) is 36.4 Å². The van der Waals surface area contributed by atoms with Crippen LogP contribution in [0.1, 0.15) is 54.8 Å². The van der Waals surface area contributed by atoms with Crippen LogP contribution in [0.15, 0.2) is 133 Å². The summed E-state index contributed by atoms with van der Waals surface area (Å²) in [6, 6.07) is 44.6. The summed E-state index contributed by atoms with van der Waals surface area (Å²) in [5.41, 5.74) is 10.4. The molecule has 0 radical (unpaired) electrons. The van der Waals surface area contributed by atoms with Gasteiger partial charge in [0.15, 0.2) is 17.3 Å². The number of nitrogens with zero attached hydrogens (tertiary/aromatic N) is 3. The van der Waals surface area contributed by atoms with Gasteiger partial charge in [-0.25, -0.2) is 9.97 Å². The van der Waals surface area contributed by atoms with Crippen LogP contribution < -0.4 is 19.1 Å². The minimum atomic E-state index is -1.22. The van der Waals surface area contributed by atoms with Crippen molar-refractivity contribution in [2.75, 3.05) is 45.4 Å². The van der Waals surface area contributed by atoms with E-state index in [4.69, 9.17) is 28.9 Å². The molecule has 0 saturated carbocycles. The van der Waals surface area contributed by atoms with Gasteiger partial charge >= 0.3 is 0 Å². The number of aromatic nitrogens is 2. The first kappa shape index (κ1) is 36.9. The van der Waals surface area contributed by atoms with Crippen molar-refractivity contribution in [2.24, 2.45) is 0 Å². The Morgan fingerprint density at radius 3 is 1.88 bits per heavy atom. The molecule has 2 aliphatic heterocycles. The zero-order valence-electron chi connectivity index (χ0n) is 34.0. The topological polar surface area (TPSA) is 65.9 Å². The molecule has 1 aliphatic carbocycles. The van der Waals surface area contributed by atoms with Crippen LogP contribution in [0.4, 0.5) is 5.69 Å². The lowest BCUT2D eigenvalue weighted by molar-refractivity contribution is 0.122. The molecule has 6 aromatic carbocycles. The Labute approximate surface area is 345 Å². The number of hydrogen-bond acceptors (Lipinski definition) is 7. The first-order valence-corrected chi connectivity index (χ1v) is 20.7. The molecule has 1 fully saturated rings. The highest BCUT2D eigenvalue weighted by Crippen LogP contribution is 2.61. The van der Waals surface area contributed by atoms with E-state index < -0.39 is 5.60 Å². The second-order valence-corrected chi connectivity index (χ2v) is 15.6. The normalized spacial score (nSPS) is 17.5. The molecule has 7 nitrogen and oxygen atoms in total. The minimum Gasteiger partial charge on any atom is -0.493 e. The van der Waals surface area contributed by atoms with Crippen molar-refractivity contribution in [1.29, 1.82) is 0 Å². The van der Waals surface area contributed by atoms with Crippen molar-refractivity contribution in [3.8, 4) is 50.9 Å². The maximum absolute atomic E-state index is 7.81. The monoisotopic (exact) mass is 777 g/mol. The van der Waals surface area contributed by atoms with E-state index in [-0.39, 0.29) is 5.41 Å². The molecule has 0 amide bonds. The van der Waals surface area contributed by atoms with E-state index in [9.17, 15) is 0 Å². The van der Waals surface area contributed by atoms with Gasteiger partial charge in [0.05, 0.1) is 38.8 Å². The maximum Gasteiger partial charge on any atom is 0.212 e. The smallest absolute Gasteiger partial charge is 0.212 e. The lowest BCUT2D eigenvalue weighted by Crippen LogP contribution is -2.38. The number of benzene rings is 6. The molecule has 1 unspecified atom stereocenters. The summed E-state index contributed by atoms with van der Waals surface area (Å²) in [5.74, 6) is 2.63. The zero-order valence-corrected chi connectivity index (χ0v) is 34.0. The van der Waals surface area contributed by atoms with Gasteiger partial charge in [-0.2, -0.15) is 0 Å². The molecular formula is C52H47N3O4. The molecule has 3 heterocycles. The lowest BCUT2D eigenvalue weighted by atomic mass is 9.71. The fourth-order valence-electron chi connectivity index (χ4n) is 9.75. The van der Waals surface area contributed by atoms with E-state index in [0.717, 1.165) is 81.8 Å². The van der Waals surface area contributed by atoms with E-state index in [0.29, 0.717) is 30.5 Å². The molecular weight excluding hydrogens is 731 g/mol. The number of rotatable bonds is 9. The van der Waals surface area contributed by atoms with Crippen LogP contribution in [-0.2, 0) is 15.8 Å². The second kappa shape index (κ2) is 14.7. The predicted molar refractivity (Wildman–Crippen MR) is 237 cm³/mol. The largest absolute Gasteiger partial charge is 0.493 e. The first-order chi connectivity index (χ1) is 29.0. The van der Waals surface area contributed by atoms with Gasteiger partial charge < -0.3 is 23.8 Å². The van der Waals surface area contributed by atoms with Crippen molar-refractivity contribution in [2.45, 2.75) is 37.7 Å². The lowest BCUT2D eigenvalue weighted by Gasteiger charge is -2.38. The van der Waals surface area contributed by atoms with Gasteiger partial charge in [-0.15, -0.1) is 0 Å². The molecule has 1 atom stereocenters. The van der Waals surface area contributed by atoms with Crippen LogP contribution in [0.5, 0.6) is 17.2 Å². The Bertz CT molecular complexity index is 2660. The number of hydrogen-bond donors (Lipinski definition) is 0. The summed E-state index contributed by atoms with van der Waals surface area (Å²) in [6.07, 6.45) is 6.35. The zero-order chi connectivity index (χ0) is 40.1. The van der Waals surface area contributed by atoms with Gasteiger partial charge in [0.2, 0.25) is 5.60 Å². The van der Waals surface area contributed by atoms with Crippen molar-refractivity contribution in [1.82, 2.24) is 9.97 Å². The third-order valence-electron chi connectivity index (χ3n) is 12.8. The number of ether oxygens (including phenoxy) is 4. The van der Waals surface area contributed by atoms with Crippen molar-refractivity contribution >= 4 is 22.5 Å². The minimum absolute atomic E-state index is 0.227. The van der Waals surface area contributed by atoms with E-state index in [1.165, 1.54) is 22.3 Å². The highest BCUT2D eigenvalue weighted by atomic mass is 16.5.